The average Bonchev–Trinajstić information content (AvgIpc) is 2.29. The number of carbonyl (C=O) groups is 1. The van der Waals surface area contributed by atoms with Crippen LogP contribution in [-0.4, -0.2) is 16.8 Å². The SMILES string of the molecule is CC(C)(C)OC(=O)Nc1ccc(O)cc1C1(C#N)CCC1. The highest BCUT2D eigenvalue weighted by atomic mass is 16.6. The fourth-order valence-corrected chi connectivity index (χ4v) is 2.42. The Morgan fingerprint density at radius 2 is 2.10 bits per heavy atom. The van der Waals surface area contributed by atoms with Gasteiger partial charge in [-0.05, 0) is 63.8 Å². The number of aromatic hydroxyl groups is 1. The molecule has 0 radical (unpaired) electrons. The van der Waals surface area contributed by atoms with Gasteiger partial charge in [0.15, 0.2) is 0 Å². The number of amides is 1. The molecule has 21 heavy (non-hydrogen) atoms. The standard InChI is InChI=1S/C16H20N2O3/c1-15(2,3)21-14(20)18-13-6-5-11(19)9-12(13)16(10-17)7-4-8-16/h5-6,9,19H,4,7-8H2,1-3H3,(H,18,20). The minimum atomic E-state index is -0.622. The fourth-order valence-electron chi connectivity index (χ4n) is 2.42. The number of phenols is 1. The summed E-state index contributed by atoms with van der Waals surface area (Å²) < 4.78 is 5.23. The Hall–Kier alpha value is -2.22. The van der Waals surface area contributed by atoms with Crippen molar-refractivity contribution in [1.29, 1.82) is 5.26 Å². The van der Waals surface area contributed by atoms with Crippen LogP contribution in [0.25, 0.3) is 0 Å². The van der Waals surface area contributed by atoms with Crippen molar-refractivity contribution in [3.05, 3.63) is 23.8 Å². The van der Waals surface area contributed by atoms with Gasteiger partial charge in [0, 0.05) is 5.69 Å². The van der Waals surface area contributed by atoms with Crippen molar-refractivity contribution in [1.82, 2.24) is 0 Å². The molecule has 1 aliphatic rings. The van der Waals surface area contributed by atoms with Gasteiger partial charge in [-0.25, -0.2) is 4.79 Å². The van der Waals surface area contributed by atoms with Gasteiger partial charge in [0.05, 0.1) is 11.5 Å². The van der Waals surface area contributed by atoms with Gasteiger partial charge in [0.1, 0.15) is 11.4 Å². The van der Waals surface area contributed by atoms with Gasteiger partial charge in [-0.3, -0.25) is 5.32 Å². The van der Waals surface area contributed by atoms with Crippen LogP contribution in [0.1, 0.15) is 45.6 Å². The number of benzene rings is 1. The third-order valence-corrected chi connectivity index (χ3v) is 3.58. The number of nitrogens with one attached hydrogen (secondary N) is 1. The number of nitrogens with zero attached hydrogens (tertiary/aromatic N) is 1. The molecule has 1 fully saturated rings. The molecule has 112 valence electrons. The molecular formula is C16H20N2O3. The van der Waals surface area contributed by atoms with Gasteiger partial charge in [-0.15, -0.1) is 0 Å². The maximum atomic E-state index is 11.9. The number of hydrogen-bond donors (Lipinski definition) is 2. The van der Waals surface area contributed by atoms with Crippen LogP contribution in [-0.2, 0) is 10.2 Å². The second kappa shape index (κ2) is 5.28. The maximum Gasteiger partial charge on any atom is 0.412 e. The molecule has 5 heteroatoms. The molecule has 0 spiro atoms. The van der Waals surface area contributed by atoms with Crippen LogP contribution in [0.15, 0.2) is 18.2 Å². The molecule has 1 aromatic carbocycles. The zero-order valence-corrected chi connectivity index (χ0v) is 12.6. The van der Waals surface area contributed by atoms with Crippen LogP contribution in [0, 0.1) is 11.3 Å². The normalized spacial score (nSPS) is 16.5. The fraction of sp³-hybridized carbons (Fsp3) is 0.500. The van der Waals surface area contributed by atoms with Crippen LogP contribution in [0.5, 0.6) is 5.75 Å². The zero-order valence-electron chi connectivity index (χ0n) is 12.6. The van der Waals surface area contributed by atoms with E-state index < -0.39 is 17.1 Å². The monoisotopic (exact) mass is 288 g/mol. The quantitative estimate of drug-likeness (QED) is 0.813. The Morgan fingerprint density at radius 3 is 2.57 bits per heavy atom. The number of nitriles is 1. The van der Waals surface area contributed by atoms with Crippen LogP contribution >= 0.6 is 0 Å². The Bertz CT molecular complexity index is 593. The summed E-state index contributed by atoms with van der Waals surface area (Å²) in [6.45, 7) is 5.35. The number of carbonyl (C=O) groups excluding carboxylic acids is 1. The van der Waals surface area contributed by atoms with E-state index in [0.717, 1.165) is 19.3 Å². The van der Waals surface area contributed by atoms with E-state index in [-0.39, 0.29) is 5.75 Å². The molecule has 0 bridgehead atoms. The third kappa shape index (κ3) is 3.27. The van der Waals surface area contributed by atoms with E-state index in [1.165, 1.54) is 6.07 Å². The molecule has 0 atom stereocenters. The molecule has 1 amide bonds. The Kier molecular flexibility index (Phi) is 3.82. The molecule has 0 heterocycles. The number of phenolic OH excluding ortho intramolecular Hbond substituents is 1. The minimum Gasteiger partial charge on any atom is -0.508 e. The van der Waals surface area contributed by atoms with Crippen LogP contribution in [0.4, 0.5) is 10.5 Å². The van der Waals surface area contributed by atoms with Crippen molar-refractivity contribution in [2.75, 3.05) is 5.32 Å². The summed E-state index contributed by atoms with van der Waals surface area (Å²) in [6.07, 6.45) is 1.86. The molecule has 0 unspecified atom stereocenters. The molecule has 0 aliphatic heterocycles. The molecule has 2 N–H and O–H groups in total. The number of anilines is 1. The van der Waals surface area contributed by atoms with Crippen molar-refractivity contribution in [3.8, 4) is 11.8 Å². The first-order valence-electron chi connectivity index (χ1n) is 7.00. The summed E-state index contributed by atoms with van der Waals surface area (Å²) in [5.41, 5.74) is -0.0430. The lowest BCUT2D eigenvalue weighted by molar-refractivity contribution is 0.0635. The number of hydrogen-bond acceptors (Lipinski definition) is 4. The average molecular weight is 288 g/mol. The summed E-state index contributed by atoms with van der Waals surface area (Å²) in [5, 5.41) is 21.8. The Balaban J connectivity index is 2.28. The predicted molar refractivity (Wildman–Crippen MR) is 79.1 cm³/mol. The lowest BCUT2D eigenvalue weighted by atomic mass is 9.65. The van der Waals surface area contributed by atoms with Gasteiger partial charge < -0.3 is 9.84 Å². The lowest BCUT2D eigenvalue weighted by Gasteiger charge is -2.37. The van der Waals surface area contributed by atoms with Crippen molar-refractivity contribution in [3.63, 3.8) is 0 Å². The van der Waals surface area contributed by atoms with Gasteiger partial charge in [0.2, 0.25) is 0 Å². The van der Waals surface area contributed by atoms with E-state index >= 15 is 0 Å². The number of ether oxygens (including phenoxy) is 1. The van der Waals surface area contributed by atoms with Gasteiger partial charge in [-0.1, -0.05) is 0 Å². The van der Waals surface area contributed by atoms with E-state index in [2.05, 4.69) is 11.4 Å². The first-order chi connectivity index (χ1) is 9.76. The highest BCUT2D eigenvalue weighted by molar-refractivity contribution is 5.86. The molecule has 0 saturated heterocycles. The topological polar surface area (TPSA) is 82.3 Å². The second-order valence-corrected chi connectivity index (χ2v) is 6.40. The molecule has 2 rings (SSSR count). The van der Waals surface area contributed by atoms with Crippen LogP contribution in [0.2, 0.25) is 0 Å². The zero-order chi connectivity index (χ0) is 15.7. The van der Waals surface area contributed by atoms with Crippen LogP contribution in [0.3, 0.4) is 0 Å². The van der Waals surface area contributed by atoms with E-state index in [0.29, 0.717) is 11.3 Å². The largest absolute Gasteiger partial charge is 0.508 e. The van der Waals surface area contributed by atoms with E-state index in [4.69, 9.17) is 4.74 Å². The molecule has 1 saturated carbocycles. The first-order valence-corrected chi connectivity index (χ1v) is 7.00. The van der Waals surface area contributed by atoms with Crippen molar-refractivity contribution in [2.45, 2.75) is 51.0 Å². The van der Waals surface area contributed by atoms with Crippen molar-refractivity contribution in [2.24, 2.45) is 0 Å². The first kappa shape index (κ1) is 15.2. The molecule has 0 aromatic heterocycles. The maximum absolute atomic E-state index is 11.9. The highest BCUT2D eigenvalue weighted by Crippen LogP contribution is 2.46. The lowest BCUT2D eigenvalue weighted by Crippen LogP contribution is -2.34. The molecule has 1 aliphatic carbocycles. The summed E-state index contributed by atoms with van der Waals surface area (Å²) in [5.74, 6) is 0.0845. The predicted octanol–water partition coefficient (Wildman–Crippen LogP) is 3.68. The highest BCUT2D eigenvalue weighted by Gasteiger charge is 2.41. The molecule has 1 aromatic rings. The van der Waals surface area contributed by atoms with Crippen molar-refractivity contribution < 1.29 is 14.6 Å². The van der Waals surface area contributed by atoms with E-state index in [1.807, 2.05) is 0 Å². The second-order valence-electron chi connectivity index (χ2n) is 6.40. The van der Waals surface area contributed by atoms with Gasteiger partial charge >= 0.3 is 6.09 Å². The Morgan fingerprint density at radius 1 is 1.43 bits per heavy atom. The smallest absolute Gasteiger partial charge is 0.412 e. The van der Waals surface area contributed by atoms with Gasteiger partial charge in [-0.2, -0.15) is 5.26 Å². The summed E-state index contributed by atoms with van der Waals surface area (Å²) in [4.78, 5) is 11.9. The molecular weight excluding hydrogens is 268 g/mol. The molecule has 5 nitrogen and oxygen atoms in total. The van der Waals surface area contributed by atoms with Crippen LogP contribution < -0.4 is 5.32 Å². The Labute approximate surface area is 124 Å². The summed E-state index contributed by atoms with van der Waals surface area (Å²) in [6, 6.07) is 6.96. The minimum absolute atomic E-state index is 0.0845. The summed E-state index contributed by atoms with van der Waals surface area (Å²) in [7, 11) is 0. The van der Waals surface area contributed by atoms with Crippen molar-refractivity contribution >= 4 is 11.8 Å². The number of rotatable bonds is 2. The van der Waals surface area contributed by atoms with E-state index in [9.17, 15) is 15.2 Å². The van der Waals surface area contributed by atoms with Gasteiger partial charge in [0.25, 0.3) is 0 Å². The third-order valence-electron chi connectivity index (χ3n) is 3.58. The summed E-state index contributed by atoms with van der Waals surface area (Å²) >= 11 is 0. The van der Waals surface area contributed by atoms with E-state index in [1.54, 1.807) is 32.9 Å².